The van der Waals surface area contributed by atoms with Crippen LogP contribution in [0.4, 0.5) is 10.8 Å². The second-order valence-electron chi connectivity index (χ2n) is 5.99. The Morgan fingerprint density at radius 3 is 2.57 bits per heavy atom. The fourth-order valence-corrected chi connectivity index (χ4v) is 3.90. The molecule has 9 heteroatoms. The average Bonchev–Trinajstić information content (AvgIpc) is 3.08. The van der Waals surface area contributed by atoms with Gasteiger partial charge in [0, 0.05) is 17.5 Å². The number of carbonyl (C=O) groups excluding carboxylic acids is 1. The Kier molecular flexibility index (Phi) is 5.73. The van der Waals surface area contributed by atoms with Gasteiger partial charge in [-0.1, -0.05) is 24.3 Å². The van der Waals surface area contributed by atoms with Gasteiger partial charge < -0.3 is 0 Å². The molecule has 1 amide bonds. The van der Waals surface area contributed by atoms with E-state index in [2.05, 4.69) is 21.1 Å². The lowest BCUT2D eigenvalue weighted by Crippen LogP contribution is -2.17. The summed E-state index contributed by atoms with van der Waals surface area (Å²) in [5, 5.41) is 12.0. The van der Waals surface area contributed by atoms with Gasteiger partial charge in [-0.05, 0) is 29.8 Å². The molecule has 0 radical (unpaired) electrons. The largest absolute Gasteiger partial charge is 0.298 e. The Morgan fingerprint density at radius 2 is 1.89 bits per heavy atom. The van der Waals surface area contributed by atoms with Crippen LogP contribution in [-0.4, -0.2) is 25.6 Å². The summed E-state index contributed by atoms with van der Waals surface area (Å²) in [4.78, 5) is 17.7. The maximum Gasteiger partial charge on any atom is 0.259 e. The number of hydrogen-bond donors (Lipinski definition) is 2. The number of sulfonamides is 1. The predicted octanol–water partition coefficient (Wildman–Crippen LogP) is 3.23. The minimum atomic E-state index is -3.50. The van der Waals surface area contributed by atoms with Crippen molar-refractivity contribution in [2.24, 2.45) is 0 Å². The van der Waals surface area contributed by atoms with Crippen molar-refractivity contribution in [3.05, 3.63) is 76.3 Å². The molecular formula is C19H16N4O3S2. The molecule has 0 aliphatic heterocycles. The van der Waals surface area contributed by atoms with Crippen LogP contribution >= 0.6 is 11.3 Å². The highest BCUT2D eigenvalue weighted by molar-refractivity contribution is 7.92. The Balaban J connectivity index is 1.71. The van der Waals surface area contributed by atoms with Crippen LogP contribution in [0.5, 0.6) is 0 Å². The lowest BCUT2D eigenvalue weighted by atomic mass is 10.1. The van der Waals surface area contributed by atoms with E-state index in [4.69, 9.17) is 5.26 Å². The number of nitrogens with one attached hydrogen (secondary N) is 2. The molecule has 0 saturated carbocycles. The highest BCUT2D eigenvalue weighted by atomic mass is 32.2. The normalized spacial score (nSPS) is 10.9. The van der Waals surface area contributed by atoms with Gasteiger partial charge in [0.05, 0.1) is 29.1 Å². The Morgan fingerprint density at radius 1 is 1.18 bits per heavy atom. The fraction of sp³-hybridized carbons (Fsp3) is 0.105. The van der Waals surface area contributed by atoms with E-state index in [0.717, 1.165) is 16.7 Å². The van der Waals surface area contributed by atoms with Crippen molar-refractivity contribution >= 4 is 38.1 Å². The molecule has 2 N–H and O–H groups in total. The van der Waals surface area contributed by atoms with Crippen molar-refractivity contribution in [3.8, 4) is 6.07 Å². The van der Waals surface area contributed by atoms with Gasteiger partial charge in [0.2, 0.25) is 10.0 Å². The Hall–Kier alpha value is -3.22. The average molecular weight is 412 g/mol. The zero-order valence-electron chi connectivity index (χ0n) is 14.8. The molecule has 0 bridgehead atoms. The van der Waals surface area contributed by atoms with Crippen LogP contribution in [-0.2, 0) is 16.4 Å². The zero-order chi connectivity index (χ0) is 20.1. The lowest BCUT2D eigenvalue weighted by molar-refractivity contribution is 0.102. The number of benzene rings is 2. The Bertz CT molecular complexity index is 1150. The molecule has 0 unspecified atom stereocenters. The van der Waals surface area contributed by atoms with Gasteiger partial charge >= 0.3 is 0 Å². The number of nitrogens with zero attached hydrogens (tertiary/aromatic N) is 2. The topological polar surface area (TPSA) is 112 Å². The summed E-state index contributed by atoms with van der Waals surface area (Å²) in [7, 11) is -3.50. The molecule has 1 aromatic heterocycles. The first-order chi connectivity index (χ1) is 13.3. The lowest BCUT2D eigenvalue weighted by Gasteiger charge is -2.09. The quantitative estimate of drug-likeness (QED) is 0.645. The van der Waals surface area contributed by atoms with Gasteiger partial charge in [-0.2, -0.15) is 5.26 Å². The standard InChI is InChI=1S/C19H16N4O3S2/c1-28(25,26)23-17-5-3-2-4-16(17)18(24)22-19-21-12-15(27-19)10-13-6-8-14(11-20)9-7-13/h2-9,12,23H,10H2,1H3,(H,21,22,24). The smallest absolute Gasteiger partial charge is 0.259 e. The van der Waals surface area contributed by atoms with Crippen LogP contribution in [0.3, 0.4) is 0 Å². The number of nitriles is 1. The van der Waals surface area contributed by atoms with Crippen molar-refractivity contribution in [1.82, 2.24) is 4.98 Å². The molecule has 3 rings (SSSR count). The second-order valence-corrected chi connectivity index (χ2v) is 8.85. The predicted molar refractivity (Wildman–Crippen MR) is 109 cm³/mol. The Labute approximate surface area is 166 Å². The van der Waals surface area contributed by atoms with E-state index in [-0.39, 0.29) is 11.3 Å². The van der Waals surface area contributed by atoms with Crippen LogP contribution < -0.4 is 10.0 Å². The molecule has 0 fully saturated rings. The number of anilines is 2. The first-order valence-electron chi connectivity index (χ1n) is 8.16. The first-order valence-corrected chi connectivity index (χ1v) is 10.9. The highest BCUT2D eigenvalue weighted by Gasteiger charge is 2.15. The third-order valence-electron chi connectivity index (χ3n) is 3.70. The van der Waals surface area contributed by atoms with Gasteiger partial charge in [-0.15, -0.1) is 11.3 Å². The molecule has 0 atom stereocenters. The molecule has 0 aliphatic rings. The minimum Gasteiger partial charge on any atom is -0.298 e. The van der Waals surface area contributed by atoms with E-state index in [1.165, 1.54) is 23.5 Å². The van der Waals surface area contributed by atoms with E-state index in [9.17, 15) is 13.2 Å². The summed E-state index contributed by atoms with van der Waals surface area (Å²) in [5.74, 6) is -0.453. The zero-order valence-corrected chi connectivity index (χ0v) is 16.5. The minimum absolute atomic E-state index is 0.205. The number of para-hydroxylation sites is 1. The first kappa shape index (κ1) is 19.5. The SMILES string of the molecule is CS(=O)(=O)Nc1ccccc1C(=O)Nc1ncc(Cc2ccc(C#N)cc2)s1. The molecule has 2 aromatic carbocycles. The molecular weight excluding hydrogens is 396 g/mol. The van der Waals surface area contributed by atoms with E-state index in [1.54, 1.807) is 30.5 Å². The molecule has 0 spiro atoms. The fourth-order valence-electron chi connectivity index (χ4n) is 2.48. The summed E-state index contributed by atoms with van der Waals surface area (Å²) in [6.45, 7) is 0. The molecule has 3 aromatic rings. The molecule has 1 heterocycles. The van der Waals surface area contributed by atoms with Crippen LogP contribution in [0, 0.1) is 11.3 Å². The summed E-state index contributed by atoms with van der Waals surface area (Å²) in [6, 6.07) is 15.7. The monoisotopic (exact) mass is 412 g/mol. The second kappa shape index (κ2) is 8.21. The maximum atomic E-state index is 12.5. The summed E-state index contributed by atoms with van der Waals surface area (Å²) >= 11 is 1.33. The molecule has 142 valence electrons. The van der Waals surface area contributed by atoms with E-state index in [1.807, 2.05) is 12.1 Å². The van der Waals surface area contributed by atoms with Crippen LogP contribution in [0.1, 0.15) is 26.4 Å². The maximum absolute atomic E-state index is 12.5. The van der Waals surface area contributed by atoms with Crippen molar-refractivity contribution in [1.29, 1.82) is 5.26 Å². The number of aromatic nitrogens is 1. The molecule has 0 aliphatic carbocycles. The summed E-state index contributed by atoms with van der Waals surface area (Å²) in [5.41, 5.74) is 2.04. The van der Waals surface area contributed by atoms with Gasteiger partial charge in [-0.25, -0.2) is 13.4 Å². The number of thiazole rings is 1. The number of rotatable bonds is 6. The van der Waals surface area contributed by atoms with Gasteiger partial charge in [0.1, 0.15) is 0 Å². The van der Waals surface area contributed by atoms with Gasteiger partial charge in [0.15, 0.2) is 5.13 Å². The number of amides is 1. The summed E-state index contributed by atoms with van der Waals surface area (Å²) < 4.78 is 25.3. The van der Waals surface area contributed by atoms with E-state index >= 15 is 0 Å². The summed E-state index contributed by atoms with van der Waals surface area (Å²) in [6.07, 6.45) is 3.34. The molecule has 7 nitrogen and oxygen atoms in total. The van der Waals surface area contributed by atoms with Gasteiger partial charge in [-0.3, -0.25) is 14.8 Å². The third-order valence-corrected chi connectivity index (χ3v) is 5.21. The molecule has 28 heavy (non-hydrogen) atoms. The van der Waals surface area contributed by atoms with Gasteiger partial charge in [0.25, 0.3) is 5.91 Å². The van der Waals surface area contributed by atoms with Crippen molar-refractivity contribution in [3.63, 3.8) is 0 Å². The van der Waals surface area contributed by atoms with E-state index < -0.39 is 15.9 Å². The highest BCUT2D eigenvalue weighted by Crippen LogP contribution is 2.23. The van der Waals surface area contributed by atoms with Crippen LogP contribution in [0.25, 0.3) is 0 Å². The molecule has 0 saturated heterocycles. The third kappa shape index (κ3) is 5.16. The van der Waals surface area contributed by atoms with Crippen LogP contribution in [0.2, 0.25) is 0 Å². The van der Waals surface area contributed by atoms with Crippen molar-refractivity contribution < 1.29 is 13.2 Å². The van der Waals surface area contributed by atoms with Crippen molar-refractivity contribution in [2.75, 3.05) is 16.3 Å². The number of carbonyl (C=O) groups is 1. The van der Waals surface area contributed by atoms with Crippen molar-refractivity contribution in [2.45, 2.75) is 6.42 Å². The number of hydrogen-bond acceptors (Lipinski definition) is 6. The van der Waals surface area contributed by atoms with Crippen LogP contribution in [0.15, 0.2) is 54.7 Å². The van der Waals surface area contributed by atoms with E-state index in [0.29, 0.717) is 17.1 Å².